The lowest BCUT2D eigenvalue weighted by molar-refractivity contribution is -0.0784. The number of hydrogen-bond acceptors (Lipinski definition) is 3. The summed E-state index contributed by atoms with van der Waals surface area (Å²) in [6, 6.07) is 0. The van der Waals surface area contributed by atoms with Crippen LogP contribution in [0.2, 0.25) is 0 Å². The first-order chi connectivity index (χ1) is 12.1. The zero-order chi connectivity index (χ0) is 17.1. The number of allylic oxidation sites excluding steroid dienone is 2. The van der Waals surface area contributed by atoms with Gasteiger partial charge in [-0.05, 0) is 87.1 Å². The minimum atomic E-state index is 0.293. The Morgan fingerprint density at radius 2 is 2.08 bits per heavy atom. The summed E-state index contributed by atoms with van der Waals surface area (Å²) < 4.78 is 2.04. The maximum atomic E-state index is 4.32. The monoisotopic (exact) mass is 340 g/mol. The maximum absolute atomic E-state index is 4.32. The van der Waals surface area contributed by atoms with Gasteiger partial charge in [-0.25, -0.2) is 4.68 Å². The molecule has 3 fully saturated rings. The van der Waals surface area contributed by atoms with Crippen molar-refractivity contribution in [1.82, 2.24) is 20.3 Å². The zero-order valence-electron chi connectivity index (χ0n) is 15.7. The predicted octanol–water partition coefficient (Wildman–Crippen LogP) is 3.97. The zero-order valence-corrected chi connectivity index (χ0v) is 15.7. The normalized spacial score (nSPS) is 46.6. The molecule has 2 heterocycles. The van der Waals surface area contributed by atoms with E-state index < -0.39 is 0 Å². The van der Waals surface area contributed by atoms with E-state index in [4.69, 9.17) is 0 Å². The molecule has 0 spiro atoms. The highest BCUT2D eigenvalue weighted by atomic mass is 15.4. The summed E-state index contributed by atoms with van der Waals surface area (Å²) in [4.78, 5) is 0. The Morgan fingerprint density at radius 1 is 1.16 bits per heavy atom. The van der Waals surface area contributed by atoms with Crippen LogP contribution < -0.4 is 5.32 Å². The Kier molecular flexibility index (Phi) is 3.64. The first-order valence-electron chi connectivity index (χ1n) is 10.4. The van der Waals surface area contributed by atoms with Crippen molar-refractivity contribution in [1.29, 1.82) is 0 Å². The van der Waals surface area contributed by atoms with E-state index in [2.05, 4.69) is 35.6 Å². The summed E-state index contributed by atoms with van der Waals surface area (Å²) in [5, 5.41) is 12.1. The summed E-state index contributed by atoms with van der Waals surface area (Å²) in [7, 11) is 0. The van der Waals surface area contributed by atoms with Gasteiger partial charge in [-0.2, -0.15) is 0 Å². The third-order valence-electron chi connectivity index (χ3n) is 8.73. The Balaban J connectivity index is 1.46. The average Bonchev–Trinajstić information content (AvgIpc) is 3.18. The summed E-state index contributed by atoms with van der Waals surface area (Å²) in [6.07, 6.45) is 15.9. The number of fused-ring (bicyclic) bond motifs is 5. The van der Waals surface area contributed by atoms with E-state index in [0.29, 0.717) is 10.8 Å². The van der Waals surface area contributed by atoms with Gasteiger partial charge >= 0.3 is 0 Å². The summed E-state index contributed by atoms with van der Waals surface area (Å²) in [5.74, 6) is 3.52. The van der Waals surface area contributed by atoms with Crippen LogP contribution >= 0.6 is 0 Å². The second kappa shape index (κ2) is 5.67. The Bertz CT molecular complexity index is 665. The Morgan fingerprint density at radius 3 is 2.92 bits per heavy atom. The lowest BCUT2D eigenvalue weighted by atomic mass is 9.47. The maximum Gasteiger partial charge on any atom is 0.0697 e. The predicted molar refractivity (Wildman–Crippen MR) is 99.7 cm³/mol. The van der Waals surface area contributed by atoms with Gasteiger partial charge < -0.3 is 5.32 Å². The number of rotatable bonds is 1. The summed E-state index contributed by atoms with van der Waals surface area (Å²) in [6.45, 7) is 7.63. The molecule has 3 aliphatic carbocycles. The van der Waals surface area contributed by atoms with E-state index in [1.54, 1.807) is 0 Å². The van der Waals surface area contributed by atoms with Gasteiger partial charge in [0.15, 0.2) is 0 Å². The Labute approximate surface area is 151 Å². The van der Waals surface area contributed by atoms with Crippen LogP contribution in [0.4, 0.5) is 0 Å². The second-order valence-electron chi connectivity index (χ2n) is 9.59. The van der Waals surface area contributed by atoms with Crippen LogP contribution in [0.1, 0.15) is 58.8 Å². The molecule has 2 saturated carbocycles. The van der Waals surface area contributed by atoms with Crippen LogP contribution in [0, 0.1) is 34.5 Å². The van der Waals surface area contributed by atoms with Crippen molar-refractivity contribution in [3.8, 4) is 0 Å². The van der Waals surface area contributed by atoms with Gasteiger partial charge in [-0.1, -0.05) is 25.1 Å². The smallest absolute Gasteiger partial charge is 0.0697 e. The minimum Gasteiger partial charge on any atom is -0.316 e. The molecular weight excluding hydrogens is 308 g/mol. The van der Waals surface area contributed by atoms with Crippen molar-refractivity contribution in [3.05, 3.63) is 18.5 Å². The van der Waals surface area contributed by atoms with E-state index in [-0.39, 0.29) is 0 Å². The van der Waals surface area contributed by atoms with E-state index in [0.717, 1.165) is 23.7 Å². The van der Waals surface area contributed by atoms with Gasteiger partial charge in [0.2, 0.25) is 0 Å². The molecule has 1 unspecified atom stereocenters. The minimum absolute atomic E-state index is 0.293. The largest absolute Gasteiger partial charge is 0.316 e. The van der Waals surface area contributed by atoms with Gasteiger partial charge in [-0.3, -0.25) is 0 Å². The molecule has 4 aliphatic rings. The van der Waals surface area contributed by atoms with E-state index in [1.807, 2.05) is 17.1 Å². The fraction of sp³-hybridized carbons (Fsp3) is 0.810. The van der Waals surface area contributed by atoms with Crippen molar-refractivity contribution < 1.29 is 0 Å². The van der Waals surface area contributed by atoms with Crippen LogP contribution in [-0.2, 0) is 0 Å². The molecule has 25 heavy (non-hydrogen) atoms. The third kappa shape index (κ3) is 2.22. The molecular formula is C21H32N4. The second-order valence-corrected chi connectivity index (χ2v) is 9.59. The van der Waals surface area contributed by atoms with Crippen LogP contribution in [0.25, 0.3) is 5.70 Å². The SMILES string of the molecule is C[C@]12CCC3[C@@H](CC[C@H]4CNCCC[C@]34C)[C@@H]1CC=C2n1ccnn1. The molecule has 1 saturated heterocycles. The van der Waals surface area contributed by atoms with Gasteiger partial charge in [0.25, 0.3) is 0 Å². The summed E-state index contributed by atoms with van der Waals surface area (Å²) >= 11 is 0. The average molecular weight is 341 g/mol. The fourth-order valence-corrected chi connectivity index (χ4v) is 7.37. The first kappa shape index (κ1) is 16.0. The highest BCUT2D eigenvalue weighted by molar-refractivity contribution is 5.55. The van der Waals surface area contributed by atoms with Gasteiger partial charge in [0.05, 0.1) is 12.4 Å². The standard InChI is InChI=1S/C21H32N4/c1-20-9-3-11-22-14-15(20)4-5-16-17-6-7-19(25-13-12-23-24-25)21(17,2)10-8-18(16)20/h7,12-13,15-18,22H,3-6,8-11,14H2,1-2H3/t15-,16-,17-,18?,20-,21-/m0/s1. The highest BCUT2D eigenvalue weighted by Crippen LogP contribution is 2.65. The van der Waals surface area contributed by atoms with Crippen LogP contribution in [0.3, 0.4) is 0 Å². The molecule has 4 nitrogen and oxygen atoms in total. The van der Waals surface area contributed by atoms with Gasteiger partial charge in [-0.15, -0.1) is 5.10 Å². The van der Waals surface area contributed by atoms with Crippen molar-refractivity contribution in [2.24, 2.45) is 34.5 Å². The molecule has 0 amide bonds. The number of nitrogens with zero attached hydrogens (tertiary/aromatic N) is 3. The molecule has 1 aromatic rings. The van der Waals surface area contributed by atoms with Crippen LogP contribution in [0.15, 0.2) is 18.5 Å². The van der Waals surface area contributed by atoms with Crippen molar-refractivity contribution in [2.75, 3.05) is 13.1 Å². The van der Waals surface area contributed by atoms with E-state index in [1.165, 1.54) is 63.7 Å². The lowest BCUT2D eigenvalue weighted by Crippen LogP contribution is -2.52. The molecule has 0 bridgehead atoms. The highest BCUT2D eigenvalue weighted by Gasteiger charge is 2.58. The third-order valence-corrected chi connectivity index (χ3v) is 8.73. The molecule has 1 aliphatic heterocycles. The molecule has 4 heteroatoms. The number of hydrogen-bond donors (Lipinski definition) is 1. The molecule has 0 radical (unpaired) electrons. The lowest BCUT2D eigenvalue weighted by Gasteiger charge is -2.58. The van der Waals surface area contributed by atoms with Crippen LogP contribution in [-0.4, -0.2) is 28.1 Å². The molecule has 0 aromatic carbocycles. The molecule has 1 aromatic heterocycles. The first-order valence-corrected chi connectivity index (χ1v) is 10.4. The Hall–Kier alpha value is -1.16. The van der Waals surface area contributed by atoms with Gasteiger partial charge in [0.1, 0.15) is 0 Å². The molecule has 136 valence electrons. The molecule has 1 N–H and O–H groups in total. The van der Waals surface area contributed by atoms with Gasteiger partial charge in [0, 0.05) is 11.1 Å². The number of nitrogens with one attached hydrogen (secondary N) is 1. The van der Waals surface area contributed by atoms with E-state index in [9.17, 15) is 0 Å². The molecule has 5 rings (SSSR count). The summed E-state index contributed by atoms with van der Waals surface area (Å²) in [5.41, 5.74) is 2.27. The quantitative estimate of drug-likeness (QED) is 0.841. The van der Waals surface area contributed by atoms with E-state index >= 15 is 0 Å². The topological polar surface area (TPSA) is 42.7 Å². The number of aromatic nitrogens is 3. The molecule has 6 atom stereocenters. The van der Waals surface area contributed by atoms with Crippen LogP contribution in [0.5, 0.6) is 0 Å². The van der Waals surface area contributed by atoms with Crippen molar-refractivity contribution in [3.63, 3.8) is 0 Å². The fourth-order valence-electron chi connectivity index (χ4n) is 7.37. The van der Waals surface area contributed by atoms with Crippen molar-refractivity contribution >= 4 is 5.70 Å². The van der Waals surface area contributed by atoms with Crippen molar-refractivity contribution in [2.45, 2.75) is 58.8 Å².